The largest absolute Gasteiger partial charge is 0.480 e. The minimum atomic E-state index is -0.826. The first-order chi connectivity index (χ1) is 8.08. The van der Waals surface area contributed by atoms with Crippen LogP contribution in [0, 0.1) is 0 Å². The van der Waals surface area contributed by atoms with Gasteiger partial charge in [0.25, 0.3) is 0 Å². The standard InChI is InChI=1S/C11H18N4O2/c1-13-3-5-15(6-4-13)10(11(16)17)9-7-14(2)8-12-9/h7-8,10H,3-6H2,1-2H3,(H,16,17). The average molecular weight is 238 g/mol. The Labute approximate surface area is 100 Å². The third kappa shape index (κ3) is 2.65. The number of rotatable bonds is 3. The Balaban J connectivity index is 2.15. The zero-order valence-corrected chi connectivity index (χ0v) is 10.2. The predicted molar refractivity (Wildman–Crippen MR) is 62.7 cm³/mol. The van der Waals surface area contributed by atoms with Crippen molar-refractivity contribution in [3.63, 3.8) is 0 Å². The number of likely N-dealkylation sites (N-methyl/N-ethyl adjacent to an activating group) is 1. The van der Waals surface area contributed by atoms with Crippen molar-refractivity contribution >= 4 is 5.97 Å². The summed E-state index contributed by atoms with van der Waals surface area (Å²) in [5, 5.41) is 9.35. The molecule has 0 amide bonds. The first-order valence-electron chi connectivity index (χ1n) is 5.71. The van der Waals surface area contributed by atoms with Gasteiger partial charge in [0.1, 0.15) is 0 Å². The monoisotopic (exact) mass is 238 g/mol. The summed E-state index contributed by atoms with van der Waals surface area (Å²) in [7, 11) is 3.90. The SMILES string of the molecule is CN1CCN(C(C(=O)O)c2cn(C)cn2)CC1. The Morgan fingerprint density at radius 2 is 2.00 bits per heavy atom. The van der Waals surface area contributed by atoms with Gasteiger partial charge in [-0.15, -0.1) is 0 Å². The molecule has 1 saturated heterocycles. The predicted octanol–water partition coefficient (Wildman–Crippen LogP) is -0.207. The molecular weight excluding hydrogens is 220 g/mol. The van der Waals surface area contributed by atoms with Crippen LogP contribution in [0.4, 0.5) is 0 Å². The second-order valence-corrected chi connectivity index (χ2v) is 4.54. The summed E-state index contributed by atoms with van der Waals surface area (Å²) < 4.78 is 1.78. The van der Waals surface area contributed by atoms with E-state index in [0.717, 1.165) is 26.2 Å². The fourth-order valence-electron chi connectivity index (χ4n) is 2.12. The molecule has 0 aromatic carbocycles. The van der Waals surface area contributed by atoms with Gasteiger partial charge in [0, 0.05) is 39.4 Å². The highest BCUT2D eigenvalue weighted by atomic mass is 16.4. The van der Waals surface area contributed by atoms with E-state index in [1.807, 2.05) is 19.0 Å². The average Bonchev–Trinajstić information content (AvgIpc) is 2.68. The molecule has 6 nitrogen and oxygen atoms in total. The molecule has 0 spiro atoms. The number of nitrogens with zero attached hydrogens (tertiary/aromatic N) is 4. The Kier molecular flexibility index (Phi) is 3.44. The molecule has 2 heterocycles. The highest BCUT2D eigenvalue weighted by Gasteiger charge is 2.31. The molecule has 94 valence electrons. The van der Waals surface area contributed by atoms with Gasteiger partial charge >= 0.3 is 5.97 Å². The second-order valence-electron chi connectivity index (χ2n) is 4.54. The minimum Gasteiger partial charge on any atom is -0.480 e. The maximum Gasteiger partial charge on any atom is 0.327 e. The van der Waals surface area contributed by atoms with E-state index in [-0.39, 0.29) is 0 Å². The van der Waals surface area contributed by atoms with Crippen LogP contribution in [0.5, 0.6) is 0 Å². The van der Waals surface area contributed by atoms with E-state index in [4.69, 9.17) is 0 Å². The van der Waals surface area contributed by atoms with Crippen molar-refractivity contribution in [1.29, 1.82) is 0 Å². The van der Waals surface area contributed by atoms with Crippen LogP contribution >= 0.6 is 0 Å². The number of piperazine rings is 1. The number of carbonyl (C=O) groups is 1. The number of carboxylic acids is 1. The number of aliphatic carboxylic acids is 1. The summed E-state index contributed by atoms with van der Waals surface area (Å²) in [5.41, 5.74) is 0.615. The first kappa shape index (κ1) is 12.1. The lowest BCUT2D eigenvalue weighted by Crippen LogP contribution is -2.47. The Morgan fingerprint density at radius 3 is 2.47 bits per heavy atom. The number of hydrogen-bond acceptors (Lipinski definition) is 4. The molecule has 1 N–H and O–H groups in total. The zero-order chi connectivity index (χ0) is 12.4. The molecule has 1 aliphatic heterocycles. The third-order valence-corrected chi connectivity index (χ3v) is 3.14. The van der Waals surface area contributed by atoms with Crippen molar-refractivity contribution in [2.75, 3.05) is 33.2 Å². The topological polar surface area (TPSA) is 61.6 Å². The lowest BCUT2D eigenvalue weighted by Gasteiger charge is -2.35. The summed E-state index contributed by atoms with van der Waals surface area (Å²) in [6, 6.07) is -0.620. The van der Waals surface area contributed by atoms with Gasteiger partial charge in [-0.05, 0) is 7.05 Å². The lowest BCUT2D eigenvalue weighted by atomic mass is 10.1. The number of carboxylic acid groups (broad SMARTS) is 1. The summed E-state index contributed by atoms with van der Waals surface area (Å²) in [6.07, 6.45) is 3.42. The quantitative estimate of drug-likeness (QED) is 0.789. The lowest BCUT2D eigenvalue weighted by molar-refractivity contribution is -0.144. The highest BCUT2D eigenvalue weighted by Crippen LogP contribution is 2.20. The number of imidazole rings is 1. The van der Waals surface area contributed by atoms with E-state index in [9.17, 15) is 9.90 Å². The van der Waals surface area contributed by atoms with Crippen LogP contribution in [-0.4, -0.2) is 63.7 Å². The molecular formula is C11H18N4O2. The van der Waals surface area contributed by atoms with Crippen molar-refractivity contribution in [2.24, 2.45) is 7.05 Å². The molecule has 1 atom stereocenters. The van der Waals surface area contributed by atoms with Crippen molar-refractivity contribution < 1.29 is 9.90 Å². The minimum absolute atomic E-state index is 0.615. The van der Waals surface area contributed by atoms with E-state index in [2.05, 4.69) is 9.88 Å². The number of hydrogen-bond donors (Lipinski definition) is 1. The van der Waals surface area contributed by atoms with Crippen molar-refractivity contribution in [2.45, 2.75) is 6.04 Å². The summed E-state index contributed by atoms with van der Waals surface area (Å²) in [6.45, 7) is 3.33. The van der Waals surface area contributed by atoms with Crippen molar-refractivity contribution in [3.05, 3.63) is 18.2 Å². The molecule has 0 bridgehead atoms. The van der Waals surface area contributed by atoms with E-state index in [0.29, 0.717) is 5.69 Å². The van der Waals surface area contributed by atoms with E-state index in [1.165, 1.54) is 0 Å². The van der Waals surface area contributed by atoms with Crippen LogP contribution in [0.3, 0.4) is 0 Å². The molecule has 0 radical (unpaired) electrons. The van der Waals surface area contributed by atoms with Gasteiger partial charge in [0.15, 0.2) is 6.04 Å². The van der Waals surface area contributed by atoms with Gasteiger partial charge in [-0.25, -0.2) is 4.98 Å². The maximum absolute atomic E-state index is 11.4. The number of aryl methyl sites for hydroxylation is 1. The summed E-state index contributed by atoms with van der Waals surface area (Å²) in [5.74, 6) is -0.826. The third-order valence-electron chi connectivity index (χ3n) is 3.14. The molecule has 1 unspecified atom stereocenters. The van der Waals surface area contributed by atoms with Gasteiger partial charge < -0.3 is 14.6 Å². The molecule has 1 aliphatic rings. The Hall–Kier alpha value is -1.40. The van der Waals surface area contributed by atoms with Crippen LogP contribution in [0.15, 0.2) is 12.5 Å². The summed E-state index contributed by atoms with van der Waals surface area (Å²) in [4.78, 5) is 19.7. The highest BCUT2D eigenvalue weighted by molar-refractivity contribution is 5.74. The van der Waals surface area contributed by atoms with Crippen molar-refractivity contribution in [3.8, 4) is 0 Å². The molecule has 17 heavy (non-hydrogen) atoms. The Bertz CT molecular complexity index is 396. The molecule has 1 aromatic heterocycles. The molecule has 1 fully saturated rings. The smallest absolute Gasteiger partial charge is 0.327 e. The molecule has 1 aromatic rings. The second kappa shape index (κ2) is 4.85. The van der Waals surface area contributed by atoms with Gasteiger partial charge in [0.05, 0.1) is 12.0 Å². The first-order valence-corrected chi connectivity index (χ1v) is 5.71. The molecule has 6 heteroatoms. The van der Waals surface area contributed by atoms with Gasteiger partial charge in [-0.3, -0.25) is 9.69 Å². The van der Waals surface area contributed by atoms with E-state index < -0.39 is 12.0 Å². The van der Waals surface area contributed by atoms with Crippen LogP contribution in [0.25, 0.3) is 0 Å². The molecule has 0 aliphatic carbocycles. The molecule has 0 saturated carbocycles. The maximum atomic E-state index is 11.4. The zero-order valence-electron chi connectivity index (χ0n) is 10.2. The van der Waals surface area contributed by atoms with E-state index >= 15 is 0 Å². The van der Waals surface area contributed by atoms with Gasteiger partial charge in [-0.1, -0.05) is 0 Å². The van der Waals surface area contributed by atoms with Crippen molar-refractivity contribution in [1.82, 2.24) is 19.4 Å². The van der Waals surface area contributed by atoms with Crippen LogP contribution < -0.4 is 0 Å². The van der Waals surface area contributed by atoms with Gasteiger partial charge in [0.2, 0.25) is 0 Å². The summed E-state index contributed by atoms with van der Waals surface area (Å²) >= 11 is 0. The fraction of sp³-hybridized carbons (Fsp3) is 0.636. The Morgan fingerprint density at radius 1 is 1.35 bits per heavy atom. The number of aromatic nitrogens is 2. The normalized spacial score (nSPS) is 20.4. The van der Waals surface area contributed by atoms with Gasteiger partial charge in [-0.2, -0.15) is 0 Å². The van der Waals surface area contributed by atoms with Crippen LogP contribution in [0.1, 0.15) is 11.7 Å². The van der Waals surface area contributed by atoms with Crippen LogP contribution in [-0.2, 0) is 11.8 Å². The fourth-order valence-corrected chi connectivity index (χ4v) is 2.12. The van der Waals surface area contributed by atoms with E-state index in [1.54, 1.807) is 17.1 Å². The van der Waals surface area contributed by atoms with Crippen LogP contribution in [0.2, 0.25) is 0 Å². The molecule has 2 rings (SSSR count).